The first-order valence-electron chi connectivity index (χ1n) is 32.7. The second kappa shape index (κ2) is 15.2. The van der Waals surface area contributed by atoms with Crippen LogP contribution in [0, 0.1) is 69.2 Å². The number of aryl methyl sites for hydroxylation is 3. The summed E-state index contributed by atoms with van der Waals surface area (Å²) >= 11 is 0. The van der Waals surface area contributed by atoms with Gasteiger partial charge in [0, 0.05) is 38.4 Å². The molecule has 0 spiro atoms. The van der Waals surface area contributed by atoms with Gasteiger partial charge in [0.1, 0.15) is 22.3 Å². The first kappa shape index (κ1) is 22.6. The fourth-order valence-corrected chi connectivity index (χ4v) is 9.48. The summed E-state index contributed by atoms with van der Waals surface area (Å²) in [5.74, 6) is -1.70. The quantitative estimate of drug-likeness (QED) is 0.156. The fraction of sp³-hybridized carbons (Fsp3) is 0.175. The van der Waals surface area contributed by atoms with Crippen LogP contribution in [-0.4, -0.2) is 0 Å². The predicted molar refractivity (Wildman–Crippen MR) is 276 cm³/mol. The van der Waals surface area contributed by atoms with E-state index in [4.69, 9.17) is 23.9 Å². The van der Waals surface area contributed by atoms with E-state index in [0.29, 0.717) is 11.1 Å². The molecular weight excluding hydrogens is 789 g/mol. The highest BCUT2D eigenvalue weighted by Crippen LogP contribution is 2.50. The summed E-state index contributed by atoms with van der Waals surface area (Å²) in [4.78, 5) is 0. The van der Waals surface area contributed by atoms with Gasteiger partial charge in [0.15, 0.2) is 0 Å². The summed E-state index contributed by atoms with van der Waals surface area (Å²) in [5, 5.41) is 0.213. The molecule has 1 atom stereocenters. The molecular formula is C63H54O2. The van der Waals surface area contributed by atoms with E-state index in [1.54, 1.807) is 48.5 Å². The lowest BCUT2D eigenvalue weighted by molar-refractivity contribution is 0.669. The Morgan fingerprint density at radius 3 is 1.82 bits per heavy atom. The summed E-state index contributed by atoms with van der Waals surface area (Å²) < 4.78 is 227. The van der Waals surface area contributed by atoms with Crippen LogP contribution in [-0.2, 0) is 0 Å². The number of furan rings is 2. The number of hydrogen-bond donors (Lipinski definition) is 0. The smallest absolute Gasteiger partial charge is 0.143 e. The summed E-state index contributed by atoms with van der Waals surface area (Å²) in [6.45, 7) is 15.5. The number of rotatable bonds is 6. The first-order valence-corrected chi connectivity index (χ1v) is 21.2. The van der Waals surface area contributed by atoms with Crippen LogP contribution in [0.25, 0.3) is 88.0 Å². The minimum Gasteiger partial charge on any atom is -0.455 e. The highest BCUT2D eigenvalue weighted by atomic mass is 16.3. The van der Waals surface area contributed by atoms with Gasteiger partial charge in [-0.2, -0.15) is 0 Å². The second-order valence-electron chi connectivity index (χ2n) is 16.8. The molecule has 0 aliphatic rings. The number of benzene rings is 9. The van der Waals surface area contributed by atoms with Crippen molar-refractivity contribution < 1.29 is 40.4 Å². The van der Waals surface area contributed by atoms with Crippen molar-refractivity contribution in [2.45, 2.75) is 75.2 Å². The van der Waals surface area contributed by atoms with Gasteiger partial charge in [0.2, 0.25) is 0 Å². The first-order chi connectivity index (χ1) is 41.0. The third kappa shape index (κ3) is 6.37. The Hall–Kier alpha value is -7.16. The van der Waals surface area contributed by atoms with Gasteiger partial charge in [0.25, 0.3) is 0 Å². The maximum absolute atomic E-state index is 10.2. The molecule has 318 valence electrons. The van der Waals surface area contributed by atoms with Gasteiger partial charge >= 0.3 is 0 Å². The van der Waals surface area contributed by atoms with Crippen molar-refractivity contribution >= 4 is 54.6 Å². The molecule has 0 fully saturated rings. The zero-order chi connectivity index (χ0) is 65.0. The van der Waals surface area contributed by atoms with Crippen LogP contribution < -0.4 is 0 Å². The van der Waals surface area contributed by atoms with E-state index in [1.165, 1.54) is 20.8 Å². The Kier molecular flexibility index (Phi) is 5.31. The maximum Gasteiger partial charge on any atom is 0.143 e. The van der Waals surface area contributed by atoms with Crippen LogP contribution in [0.2, 0.25) is 0 Å². The van der Waals surface area contributed by atoms with Gasteiger partial charge in [-0.25, -0.2) is 0 Å². The van der Waals surface area contributed by atoms with Gasteiger partial charge in [-0.3, -0.25) is 0 Å². The highest BCUT2D eigenvalue weighted by Gasteiger charge is 2.29. The van der Waals surface area contributed by atoms with Crippen LogP contribution in [0.5, 0.6) is 0 Å². The lowest BCUT2D eigenvalue weighted by atomic mass is 9.77. The van der Waals surface area contributed by atoms with E-state index >= 15 is 0 Å². The Bertz CT molecular complexity index is 4870. The van der Waals surface area contributed by atoms with Crippen molar-refractivity contribution in [2.75, 3.05) is 0 Å². The SMILES string of the molecule is [2H]c1c([2H])c(C)c(C)c(-c2c([2H])c([2H])c(C(c3c([2H])c([2H])c(-c4c([2H])c([2H])c(C)c([2H])c4[2H])c(C)c3[2H])c3c(C)c([2H])c4oc5c6c(C)c([2H])c(C)c([2H])c6c(-c6c([2H])c([2H])c([2H])c7c6oc6c([2H])c([2H])c([2H])c([2H])c67)c(C)c5c4c3C)c([2H])c2C)c1[2H]. The van der Waals surface area contributed by atoms with E-state index in [2.05, 4.69) is 0 Å². The van der Waals surface area contributed by atoms with E-state index in [1.807, 2.05) is 0 Å². The molecule has 0 radical (unpaired) electrons. The number of hydrogen-bond acceptors (Lipinski definition) is 2. The van der Waals surface area contributed by atoms with Crippen molar-refractivity contribution in [3.05, 3.63) is 211 Å². The van der Waals surface area contributed by atoms with Crippen molar-refractivity contribution in [1.82, 2.24) is 0 Å². The fourth-order valence-electron chi connectivity index (χ4n) is 9.48. The van der Waals surface area contributed by atoms with E-state index in [-0.39, 0.29) is 173 Å². The molecule has 0 N–H and O–H groups in total. The topological polar surface area (TPSA) is 26.3 Å². The normalized spacial score (nSPS) is 17.4. The van der Waals surface area contributed by atoms with Gasteiger partial charge in [-0.1, -0.05) is 138 Å². The molecule has 0 aliphatic heterocycles. The van der Waals surface area contributed by atoms with Crippen LogP contribution in [0.1, 0.15) is 110 Å². The van der Waals surface area contributed by atoms with E-state index < -0.39 is 121 Å². The molecule has 1 unspecified atom stereocenters. The highest BCUT2D eigenvalue weighted by molar-refractivity contribution is 6.24. The second-order valence-corrected chi connectivity index (χ2v) is 16.8. The number of fused-ring (bicyclic) bond motifs is 8. The van der Waals surface area contributed by atoms with Gasteiger partial charge in [-0.15, -0.1) is 0 Å². The molecule has 0 saturated carbocycles. The minimum atomic E-state index is -1.70. The molecule has 11 aromatic rings. The summed E-state index contributed by atoms with van der Waals surface area (Å²) in [6, 6.07) is -11.2. The van der Waals surface area contributed by atoms with Crippen molar-refractivity contribution in [2.24, 2.45) is 0 Å². The molecule has 2 heterocycles. The standard InChI is InChI=1S/C63H54O2/c1-34-21-23-44(24-22-34)47-27-25-45(31-37(47)4)61(46-26-28-48(38(5)32-46)49-17-13-15-36(3)41(49)8)56-40(7)33-55-59(42(56)9)60-43(10)58(53-30-35(2)29-39(6)57(53)63(60)65-55)52-19-14-18-51-50-16-11-12-20-54(50)64-62(51)52/h11-33,61H,1-10H3/i11D,12D,13D,14D,15D,16D,17D,18D,19D,20D,21D,22D,23D,24D,25D,26D,27D,28D,29D,30D,31D,32D,33D. The molecule has 0 bridgehead atoms. The molecule has 2 heteroatoms. The molecule has 9 aromatic carbocycles. The maximum atomic E-state index is 10.2. The van der Waals surface area contributed by atoms with Crippen LogP contribution in [0.15, 0.2) is 148 Å². The zero-order valence-corrected chi connectivity index (χ0v) is 37.4. The van der Waals surface area contributed by atoms with Gasteiger partial charge in [0.05, 0.1) is 31.5 Å². The average Bonchev–Trinajstić information content (AvgIpc) is 1.42. The molecule has 2 aromatic heterocycles. The average molecular weight is 866 g/mol. The Labute approximate surface area is 414 Å². The van der Waals surface area contributed by atoms with E-state index in [9.17, 15) is 16.4 Å². The lowest BCUT2D eigenvalue weighted by Crippen LogP contribution is -2.09. The van der Waals surface area contributed by atoms with Crippen molar-refractivity contribution in [1.29, 1.82) is 0 Å². The summed E-state index contributed by atoms with van der Waals surface area (Å²) in [7, 11) is 0. The molecule has 65 heavy (non-hydrogen) atoms. The Morgan fingerprint density at radius 2 is 1.05 bits per heavy atom. The molecule has 2 nitrogen and oxygen atoms in total. The minimum absolute atomic E-state index is 0.0255. The molecule has 0 aliphatic carbocycles. The zero-order valence-electron chi connectivity index (χ0n) is 60.4. The molecule has 0 saturated heterocycles. The number of para-hydroxylation sites is 2. The van der Waals surface area contributed by atoms with Crippen molar-refractivity contribution in [3.63, 3.8) is 0 Å². The largest absolute Gasteiger partial charge is 0.455 e. The lowest BCUT2D eigenvalue weighted by Gasteiger charge is -2.26. The summed E-state index contributed by atoms with van der Waals surface area (Å²) in [5.41, 5.74) is -0.186. The Balaban J connectivity index is 1.36. The van der Waals surface area contributed by atoms with Crippen molar-refractivity contribution in [3.8, 4) is 33.4 Å². The van der Waals surface area contributed by atoms with E-state index in [0.717, 1.165) is 0 Å². The van der Waals surface area contributed by atoms with Gasteiger partial charge in [-0.05, 0) is 176 Å². The molecule has 0 amide bonds. The third-order valence-corrected chi connectivity index (χ3v) is 12.6. The van der Waals surface area contributed by atoms with Crippen LogP contribution in [0.3, 0.4) is 0 Å². The van der Waals surface area contributed by atoms with Gasteiger partial charge < -0.3 is 8.83 Å². The van der Waals surface area contributed by atoms with Crippen LogP contribution in [0.4, 0.5) is 0 Å². The Morgan fingerprint density at radius 1 is 0.385 bits per heavy atom. The predicted octanol–water partition coefficient (Wildman–Crippen LogP) is 17.9. The van der Waals surface area contributed by atoms with Crippen LogP contribution >= 0.6 is 0 Å². The monoisotopic (exact) mass is 866 g/mol. The third-order valence-electron chi connectivity index (χ3n) is 12.6. The molecule has 11 rings (SSSR count). The summed E-state index contributed by atoms with van der Waals surface area (Å²) in [6.07, 6.45) is 0.